The van der Waals surface area contributed by atoms with Gasteiger partial charge in [0.25, 0.3) is 0 Å². The normalized spacial score (nSPS) is 16.2. The molecule has 1 aliphatic rings. The zero-order valence-electron chi connectivity index (χ0n) is 15.0. The van der Waals surface area contributed by atoms with Crippen molar-refractivity contribution in [1.82, 2.24) is 25.5 Å². The van der Waals surface area contributed by atoms with Crippen molar-refractivity contribution in [2.75, 3.05) is 57.8 Å². The molecule has 0 atom stereocenters. The first-order valence-electron chi connectivity index (χ1n) is 9.02. The molecule has 0 saturated carbocycles. The summed E-state index contributed by atoms with van der Waals surface area (Å²) in [7, 11) is 1.83. The van der Waals surface area contributed by atoms with E-state index in [1.165, 1.54) is 12.8 Å². The molecular formula is C17H31N7. The van der Waals surface area contributed by atoms with E-state index in [0.29, 0.717) is 0 Å². The fourth-order valence-electron chi connectivity index (χ4n) is 2.74. The topological polar surface area (TPSA) is 68.7 Å². The first kappa shape index (κ1) is 18.4. The molecule has 1 saturated heterocycles. The monoisotopic (exact) mass is 333 g/mol. The lowest BCUT2D eigenvalue weighted by atomic mass is 10.3. The summed E-state index contributed by atoms with van der Waals surface area (Å²) in [5, 5.41) is 6.72. The molecule has 1 aromatic heterocycles. The van der Waals surface area contributed by atoms with Crippen LogP contribution in [0.25, 0.3) is 0 Å². The van der Waals surface area contributed by atoms with Crippen LogP contribution in [0.5, 0.6) is 0 Å². The number of anilines is 1. The Morgan fingerprint density at radius 1 is 1.08 bits per heavy atom. The number of aromatic nitrogens is 2. The Hall–Kier alpha value is -1.89. The van der Waals surface area contributed by atoms with Crippen molar-refractivity contribution in [3.8, 4) is 0 Å². The molecule has 1 aromatic rings. The first-order valence-corrected chi connectivity index (χ1v) is 9.02. The Bertz CT molecular complexity index is 469. The van der Waals surface area contributed by atoms with E-state index in [4.69, 9.17) is 0 Å². The van der Waals surface area contributed by atoms with Crippen LogP contribution in [0.1, 0.15) is 26.2 Å². The number of piperazine rings is 1. The molecule has 2 heterocycles. The summed E-state index contributed by atoms with van der Waals surface area (Å²) in [6.45, 7) is 9.39. The third-order valence-corrected chi connectivity index (χ3v) is 4.20. The molecule has 0 spiro atoms. The van der Waals surface area contributed by atoms with Gasteiger partial charge in [0.1, 0.15) is 0 Å². The predicted molar refractivity (Wildman–Crippen MR) is 99.6 cm³/mol. The number of rotatable bonds is 8. The summed E-state index contributed by atoms with van der Waals surface area (Å²) in [5.74, 6) is 1.76. The second-order valence-corrected chi connectivity index (χ2v) is 6.01. The molecule has 0 amide bonds. The van der Waals surface area contributed by atoms with E-state index in [0.717, 1.165) is 64.1 Å². The summed E-state index contributed by atoms with van der Waals surface area (Å²) < 4.78 is 0. The van der Waals surface area contributed by atoms with E-state index in [1.807, 2.05) is 25.5 Å². The van der Waals surface area contributed by atoms with Crippen LogP contribution in [0.15, 0.2) is 23.5 Å². The van der Waals surface area contributed by atoms with Gasteiger partial charge in [-0.2, -0.15) is 0 Å². The molecule has 24 heavy (non-hydrogen) atoms. The quantitative estimate of drug-likeness (QED) is 0.419. The number of nitrogens with one attached hydrogen (secondary N) is 2. The molecule has 0 bridgehead atoms. The van der Waals surface area contributed by atoms with Gasteiger partial charge in [-0.15, -0.1) is 0 Å². The fraction of sp³-hybridized carbons (Fsp3) is 0.706. The first-order chi connectivity index (χ1) is 11.8. The lowest BCUT2D eigenvalue weighted by Gasteiger charge is -2.34. The molecule has 7 heteroatoms. The van der Waals surface area contributed by atoms with Gasteiger partial charge in [-0.3, -0.25) is 9.89 Å². The molecule has 7 nitrogen and oxygen atoms in total. The molecular weight excluding hydrogens is 302 g/mol. The summed E-state index contributed by atoms with van der Waals surface area (Å²) in [6.07, 6.45) is 7.11. The van der Waals surface area contributed by atoms with E-state index in [9.17, 15) is 0 Å². The minimum Gasteiger partial charge on any atom is -0.356 e. The number of guanidine groups is 1. The summed E-state index contributed by atoms with van der Waals surface area (Å²) in [5.41, 5.74) is 0. The maximum absolute atomic E-state index is 4.33. The Kier molecular flexibility index (Phi) is 8.31. The Morgan fingerprint density at radius 2 is 1.75 bits per heavy atom. The third-order valence-electron chi connectivity index (χ3n) is 4.20. The molecule has 0 radical (unpaired) electrons. The standard InChI is InChI=1S/C17H31N7/c1-3-4-7-19-16(18-2)20-10-6-11-23-12-14-24(15-13-23)17-21-8-5-9-22-17/h5,8-9H,3-4,6-7,10-15H2,1-2H3,(H2,18,19,20). The average Bonchev–Trinajstić information content (AvgIpc) is 2.65. The second kappa shape index (κ2) is 10.8. The van der Waals surface area contributed by atoms with Gasteiger partial charge in [-0.1, -0.05) is 13.3 Å². The van der Waals surface area contributed by atoms with Crippen LogP contribution in [-0.2, 0) is 0 Å². The van der Waals surface area contributed by atoms with Crippen LogP contribution in [0, 0.1) is 0 Å². The lowest BCUT2D eigenvalue weighted by Crippen LogP contribution is -2.47. The fourth-order valence-corrected chi connectivity index (χ4v) is 2.74. The van der Waals surface area contributed by atoms with Gasteiger partial charge < -0.3 is 15.5 Å². The molecule has 1 fully saturated rings. The second-order valence-electron chi connectivity index (χ2n) is 6.01. The largest absolute Gasteiger partial charge is 0.356 e. The van der Waals surface area contributed by atoms with Crippen LogP contribution in [-0.4, -0.2) is 73.7 Å². The van der Waals surface area contributed by atoms with Crippen molar-refractivity contribution in [3.05, 3.63) is 18.5 Å². The van der Waals surface area contributed by atoms with Crippen LogP contribution in [0.2, 0.25) is 0 Å². The van der Waals surface area contributed by atoms with E-state index in [2.05, 4.69) is 42.3 Å². The number of aliphatic imine (C=N–C) groups is 1. The molecule has 0 aromatic carbocycles. The van der Waals surface area contributed by atoms with Crippen molar-refractivity contribution in [2.45, 2.75) is 26.2 Å². The van der Waals surface area contributed by atoms with Crippen LogP contribution in [0.3, 0.4) is 0 Å². The highest BCUT2D eigenvalue weighted by Crippen LogP contribution is 2.09. The summed E-state index contributed by atoms with van der Waals surface area (Å²) in [6, 6.07) is 1.86. The highest BCUT2D eigenvalue weighted by atomic mass is 15.3. The summed E-state index contributed by atoms with van der Waals surface area (Å²) >= 11 is 0. The number of hydrogen-bond acceptors (Lipinski definition) is 5. The SMILES string of the molecule is CCCCNC(=NC)NCCCN1CCN(c2ncccn2)CC1. The Labute approximate surface area is 145 Å². The smallest absolute Gasteiger partial charge is 0.225 e. The molecule has 0 unspecified atom stereocenters. The lowest BCUT2D eigenvalue weighted by molar-refractivity contribution is 0.254. The highest BCUT2D eigenvalue weighted by Gasteiger charge is 2.18. The van der Waals surface area contributed by atoms with Crippen LogP contribution in [0.4, 0.5) is 5.95 Å². The van der Waals surface area contributed by atoms with Crippen molar-refractivity contribution in [3.63, 3.8) is 0 Å². The van der Waals surface area contributed by atoms with Gasteiger partial charge in [0, 0.05) is 58.7 Å². The highest BCUT2D eigenvalue weighted by molar-refractivity contribution is 5.79. The van der Waals surface area contributed by atoms with Crippen molar-refractivity contribution >= 4 is 11.9 Å². The van der Waals surface area contributed by atoms with Crippen molar-refractivity contribution in [1.29, 1.82) is 0 Å². The predicted octanol–water partition coefficient (Wildman–Crippen LogP) is 0.954. The minimum absolute atomic E-state index is 0.848. The van der Waals surface area contributed by atoms with Gasteiger partial charge in [0.05, 0.1) is 0 Å². The number of nitrogens with zero attached hydrogens (tertiary/aromatic N) is 5. The molecule has 0 aliphatic carbocycles. The van der Waals surface area contributed by atoms with Gasteiger partial charge in [-0.25, -0.2) is 9.97 Å². The molecule has 2 N–H and O–H groups in total. The van der Waals surface area contributed by atoms with E-state index in [1.54, 1.807) is 0 Å². The van der Waals surface area contributed by atoms with Gasteiger partial charge in [0.2, 0.25) is 5.95 Å². The average molecular weight is 333 g/mol. The molecule has 134 valence electrons. The molecule has 2 rings (SSSR count). The minimum atomic E-state index is 0.848. The van der Waals surface area contributed by atoms with Gasteiger partial charge in [-0.05, 0) is 25.5 Å². The van der Waals surface area contributed by atoms with Gasteiger partial charge >= 0.3 is 0 Å². The maximum atomic E-state index is 4.33. The van der Waals surface area contributed by atoms with E-state index >= 15 is 0 Å². The molecule has 1 aliphatic heterocycles. The van der Waals surface area contributed by atoms with Crippen molar-refractivity contribution in [2.24, 2.45) is 4.99 Å². The van der Waals surface area contributed by atoms with Crippen molar-refractivity contribution < 1.29 is 0 Å². The third kappa shape index (κ3) is 6.31. The Balaban J connectivity index is 1.58. The van der Waals surface area contributed by atoms with Gasteiger partial charge in [0.15, 0.2) is 5.96 Å². The number of hydrogen-bond donors (Lipinski definition) is 2. The van der Waals surface area contributed by atoms with E-state index < -0.39 is 0 Å². The summed E-state index contributed by atoms with van der Waals surface area (Å²) in [4.78, 5) is 17.7. The van der Waals surface area contributed by atoms with Crippen LogP contribution < -0.4 is 15.5 Å². The van der Waals surface area contributed by atoms with E-state index in [-0.39, 0.29) is 0 Å². The van der Waals surface area contributed by atoms with Crippen LogP contribution >= 0.6 is 0 Å². The Morgan fingerprint density at radius 3 is 2.38 bits per heavy atom. The maximum Gasteiger partial charge on any atom is 0.225 e. The zero-order valence-corrected chi connectivity index (χ0v) is 15.0. The zero-order chi connectivity index (χ0) is 17.0. The number of unbranched alkanes of at least 4 members (excludes halogenated alkanes) is 1.